The van der Waals surface area contributed by atoms with Crippen LogP contribution in [0.3, 0.4) is 0 Å². The molecule has 27 heavy (non-hydrogen) atoms. The van der Waals surface area contributed by atoms with E-state index in [9.17, 15) is 19.2 Å². The molecule has 142 valence electrons. The lowest BCUT2D eigenvalue weighted by molar-refractivity contribution is -0.155. The van der Waals surface area contributed by atoms with Crippen molar-refractivity contribution in [3.05, 3.63) is 60.1 Å². The van der Waals surface area contributed by atoms with E-state index in [2.05, 4.69) is 16.0 Å². The van der Waals surface area contributed by atoms with Crippen LogP contribution < -0.4 is 16.0 Å². The van der Waals surface area contributed by atoms with Crippen molar-refractivity contribution in [1.82, 2.24) is 16.0 Å². The largest absolute Gasteiger partial charge is 0.459 e. The third-order valence-electron chi connectivity index (χ3n) is 3.30. The van der Waals surface area contributed by atoms with Crippen molar-refractivity contribution in [1.29, 1.82) is 0 Å². The average molecular weight is 373 g/mol. The number of carbonyl (C=O) groups excluding carboxylic acids is 4. The number of benzene rings is 1. The van der Waals surface area contributed by atoms with E-state index in [4.69, 9.17) is 9.15 Å². The monoisotopic (exact) mass is 373 g/mol. The number of hydrogen-bond donors (Lipinski definition) is 3. The van der Waals surface area contributed by atoms with E-state index in [-0.39, 0.29) is 5.76 Å². The molecule has 0 spiro atoms. The van der Waals surface area contributed by atoms with Gasteiger partial charge in [-0.2, -0.15) is 0 Å². The van der Waals surface area contributed by atoms with E-state index in [0.717, 1.165) is 0 Å². The maximum Gasteiger partial charge on any atom is 0.326 e. The lowest BCUT2D eigenvalue weighted by Crippen LogP contribution is -2.43. The van der Waals surface area contributed by atoms with Crippen LogP contribution in [0.1, 0.15) is 29.1 Å². The zero-order valence-corrected chi connectivity index (χ0v) is 14.6. The summed E-state index contributed by atoms with van der Waals surface area (Å²) in [5.41, 5.74) is 0.380. The summed E-state index contributed by atoms with van der Waals surface area (Å²) in [5, 5.41) is 6.84. The first-order valence-corrected chi connectivity index (χ1v) is 8.16. The fourth-order valence-corrected chi connectivity index (χ4v) is 2.10. The molecule has 0 unspecified atom stereocenters. The van der Waals surface area contributed by atoms with Crippen LogP contribution in [-0.2, 0) is 14.3 Å². The molecule has 2 aromatic rings. The van der Waals surface area contributed by atoms with Gasteiger partial charge in [0.05, 0.1) is 6.26 Å². The van der Waals surface area contributed by atoms with Gasteiger partial charge < -0.3 is 19.8 Å². The zero-order valence-electron chi connectivity index (χ0n) is 14.6. The SMILES string of the molecule is CCNC(=O)NC(=O)[C@@H](OC(=O)CNC(=O)c1ccco1)c1ccccc1. The fourth-order valence-electron chi connectivity index (χ4n) is 2.10. The second-order valence-corrected chi connectivity index (χ2v) is 5.29. The average Bonchev–Trinajstić information content (AvgIpc) is 3.19. The molecule has 1 atom stereocenters. The van der Waals surface area contributed by atoms with Gasteiger partial charge in [0.2, 0.25) is 6.10 Å². The Bertz CT molecular complexity index is 789. The number of hydrogen-bond acceptors (Lipinski definition) is 6. The second kappa shape index (κ2) is 9.76. The van der Waals surface area contributed by atoms with Crippen LogP contribution >= 0.6 is 0 Å². The molecule has 1 heterocycles. The van der Waals surface area contributed by atoms with E-state index in [1.807, 2.05) is 0 Å². The molecule has 0 radical (unpaired) electrons. The van der Waals surface area contributed by atoms with Crippen LogP contribution in [0.2, 0.25) is 0 Å². The third-order valence-corrected chi connectivity index (χ3v) is 3.30. The van der Waals surface area contributed by atoms with Crippen LogP contribution in [0, 0.1) is 0 Å². The van der Waals surface area contributed by atoms with E-state index in [0.29, 0.717) is 12.1 Å². The number of imide groups is 1. The molecular weight excluding hydrogens is 354 g/mol. The van der Waals surface area contributed by atoms with E-state index < -0.39 is 36.5 Å². The lowest BCUT2D eigenvalue weighted by Gasteiger charge is -2.17. The van der Waals surface area contributed by atoms with Gasteiger partial charge in [0.25, 0.3) is 11.8 Å². The summed E-state index contributed by atoms with van der Waals surface area (Å²) >= 11 is 0. The number of amides is 4. The van der Waals surface area contributed by atoms with E-state index in [1.165, 1.54) is 18.4 Å². The molecule has 0 bridgehead atoms. The summed E-state index contributed by atoms with van der Waals surface area (Å²) in [6.07, 6.45) is -0.0218. The fraction of sp³-hybridized carbons (Fsp3) is 0.222. The first-order valence-electron chi connectivity index (χ1n) is 8.16. The smallest absolute Gasteiger partial charge is 0.326 e. The van der Waals surface area contributed by atoms with Gasteiger partial charge in [0.15, 0.2) is 5.76 Å². The quantitative estimate of drug-likeness (QED) is 0.625. The molecule has 1 aromatic heterocycles. The molecule has 0 aliphatic rings. The summed E-state index contributed by atoms with van der Waals surface area (Å²) < 4.78 is 10.1. The van der Waals surface area contributed by atoms with Crippen molar-refractivity contribution in [3.8, 4) is 0 Å². The summed E-state index contributed by atoms with van der Waals surface area (Å²) in [5.74, 6) is -2.22. The first-order chi connectivity index (χ1) is 13.0. The summed E-state index contributed by atoms with van der Waals surface area (Å²) in [6, 6.07) is 10.5. The molecule has 0 saturated carbocycles. The minimum absolute atomic E-state index is 0.0383. The molecule has 9 heteroatoms. The Morgan fingerprint density at radius 1 is 1.04 bits per heavy atom. The van der Waals surface area contributed by atoms with Gasteiger partial charge in [-0.05, 0) is 19.1 Å². The normalized spacial score (nSPS) is 11.1. The predicted molar refractivity (Wildman–Crippen MR) is 93.5 cm³/mol. The van der Waals surface area contributed by atoms with Gasteiger partial charge >= 0.3 is 12.0 Å². The molecular formula is C18H19N3O6. The van der Waals surface area contributed by atoms with E-state index >= 15 is 0 Å². The number of furan rings is 1. The molecule has 0 fully saturated rings. The summed E-state index contributed by atoms with van der Waals surface area (Å²) in [7, 11) is 0. The standard InChI is InChI=1S/C18H19N3O6/c1-2-19-18(25)21-17(24)15(12-7-4-3-5-8-12)27-14(22)11-20-16(23)13-9-6-10-26-13/h3-10,15H,2,11H2,1H3,(H,20,23)(H2,19,21,24,25)/t15-/m0/s1. The van der Waals surface area contributed by atoms with Crippen molar-refractivity contribution >= 4 is 23.8 Å². The highest BCUT2D eigenvalue weighted by atomic mass is 16.5. The molecule has 4 amide bonds. The number of urea groups is 1. The van der Waals surface area contributed by atoms with Crippen LogP contribution in [0.5, 0.6) is 0 Å². The minimum atomic E-state index is -1.35. The summed E-state index contributed by atoms with van der Waals surface area (Å²) in [4.78, 5) is 47.7. The molecule has 3 N–H and O–H groups in total. The van der Waals surface area contributed by atoms with Crippen molar-refractivity contribution in [2.75, 3.05) is 13.1 Å². The molecule has 9 nitrogen and oxygen atoms in total. The van der Waals surface area contributed by atoms with Crippen LogP contribution in [0.15, 0.2) is 53.1 Å². The number of ether oxygens (including phenoxy) is 1. The maximum absolute atomic E-state index is 12.3. The Morgan fingerprint density at radius 3 is 2.41 bits per heavy atom. The van der Waals surface area contributed by atoms with Gasteiger partial charge in [0, 0.05) is 12.1 Å². The van der Waals surface area contributed by atoms with Crippen LogP contribution in [0.4, 0.5) is 4.79 Å². The van der Waals surface area contributed by atoms with Gasteiger partial charge in [-0.15, -0.1) is 0 Å². The van der Waals surface area contributed by atoms with Gasteiger partial charge in [-0.1, -0.05) is 30.3 Å². The molecule has 0 saturated heterocycles. The van der Waals surface area contributed by atoms with Gasteiger partial charge in [0.1, 0.15) is 6.54 Å². The lowest BCUT2D eigenvalue weighted by atomic mass is 10.1. The Hall–Kier alpha value is -3.62. The highest BCUT2D eigenvalue weighted by Crippen LogP contribution is 2.17. The Balaban J connectivity index is 2.00. The van der Waals surface area contributed by atoms with Crippen molar-refractivity contribution in [2.24, 2.45) is 0 Å². The highest BCUT2D eigenvalue weighted by molar-refractivity contribution is 5.98. The van der Waals surface area contributed by atoms with Crippen molar-refractivity contribution in [3.63, 3.8) is 0 Å². The first kappa shape index (κ1) is 19.7. The molecule has 2 rings (SSSR count). The highest BCUT2D eigenvalue weighted by Gasteiger charge is 2.26. The topological polar surface area (TPSA) is 127 Å². The molecule has 0 aliphatic carbocycles. The minimum Gasteiger partial charge on any atom is -0.459 e. The zero-order chi connectivity index (χ0) is 19.6. The number of esters is 1. The second-order valence-electron chi connectivity index (χ2n) is 5.29. The van der Waals surface area contributed by atoms with E-state index in [1.54, 1.807) is 37.3 Å². The number of nitrogens with one attached hydrogen (secondary N) is 3. The van der Waals surface area contributed by atoms with Crippen molar-refractivity contribution < 1.29 is 28.3 Å². The third kappa shape index (κ3) is 5.99. The van der Waals surface area contributed by atoms with Crippen LogP contribution in [-0.4, -0.2) is 36.9 Å². The summed E-state index contributed by atoms with van der Waals surface area (Å²) in [6.45, 7) is 1.55. The van der Waals surface area contributed by atoms with Gasteiger partial charge in [-0.25, -0.2) is 4.79 Å². The maximum atomic E-state index is 12.3. The predicted octanol–water partition coefficient (Wildman–Crippen LogP) is 1.14. The Kier molecular flexibility index (Phi) is 7.12. The van der Waals surface area contributed by atoms with Gasteiger partial charge in [-0.3, -0.25) is 19.7 Å². The number of rotatable bonds is 7. The Labute approximate surface area is 155 Å². The molecule has 0 aliphatic heterocycles. The molecule has 1 aromatic carbocycles. The van der Waals surface area contributed by atoms with Crippen molar-refractivity contribution in [2.45, 2.75) is 13.0 Å². The number of carbonyl (C=O) groups is 4. The Morgan fingerprint density at radius 2 is 1.78 bits per heavy atom. The van der Waals surface area contributed by atoms with Crippen LogP contribution in [0.25, 0.3) is 0 Å².